The minimum atomic E-state index is -4.28. The van der Waals surface area contributed by atoms with Gasteiger partial charge in [0.05, 0.1) is 28.5 Å². The topological polar surface area (TPSA) is 129 Å². The fraction of sp³-hybridized carbons (Fsp3) is 0.533. The van der Waals surface area contributed by atoms with Gasteiger partial charge in [-0.3, -0.25) is 4.79 Å². The number of carboxylic acids is 1. The number of rotatable bonds is 6. The highest BCUT2D eigenvalue weighted by atomic mass is 32.2. The van der Waals surface area contributed by atoms with Crippen LogP contribution in [0.3, 0.4) is 0 Å². The number of aliphatic hydroxyl groups excluding tert-OH is 1. The summed E-state index contributed by atoms with van der Waals surface area (Å²) in [4.78, 5) is 11.0. The number of carbonyl (C=O) groups is 1. The van der Waals surface area contributed by atoms with Crippen LogP contribution in [0.4, 0.5) is 0 Å². The van der Waals surface area contributed by atoms with Crippen LogP contribution in [0.2, 0.25) is 0 Å². The molecule has 2 rings (SSSR count). The lowest BCUT2D eigenvalue weighted by Gasteiger charge is -2.28. The van der Waals surface area contributed by atoms with Gasteiger partial charge < -0.3 is 10.2 Å². The Morgan fingerprint density at radius 2 is 1.80 bits per heavy atom. The maximum absolute atomic E-state index is 12.8. The van der Waals surface area contributed by atoms with Crippen LogP contribution in [0.15, 0.2) is 29.2 Å². The molecule has 0 spiro atoms. The summed E-state index contributed by atoms with van der Waals surface area (Å²) in [6.45, 7) is 2.96. The number of carboxylic acid groups (broad SMARTS) is 1. The molecule has 0 aromatic heterocycles. The van der Waals surface area contributed by atoms with Gasteiger partial charge >= 0.3 is 5.97 Å². The summed E-state index contributed by atoms with van der Waals surface area (Å²) in [5.41, 5.74) is 0.909. The zero-order chi connectivity index (χ0) is 19.0. The maximum Gasteiger partial charge on any atom is 0.318 e. The summed E-state index contributed by atoms with van der Waals surface area (Å²) in [6.07, 6.45) is -1.46. The monoisotopic (exact) mass is 391 g/mol. The standard InChI is InChI=1S/C15H21NO7S2/c1-10(2)11-3-5-12(6-4-11)25(22,23)16(7-15(18)19)13-8-24(20,21)9-14(13)17/h3-6,10,13-14,17H,7-9H2,1-2H3,(H,18,19)/t13-,14+/m1/s1. The maximum atomic E-state index is 12.8. The van der Waals surface area contributed by atoms with E-state index in [1.54, 1.807) is 12.1 Å². The Morgan fingerprint density at radius 3 is 2.20 bits per heavy atom. The van der Waals surface area contributed by atoms with Crippen LogP contribution in [-0.4, -0.2) is 67.5 Å². The molecule has 8 nitrogen and oxygen atoms in total. The fourth-order valence-electron chi connectivity index (χ4n) is 2.76. The first-order valence-corrected chi connectivity index (χ1v) is 10.9. The minimum Gasteiger partial charge on any atom is -0.480 e. The second-order valence-corrected chi connectivity index (χ2v) is 10.4. The summed E-state index contributed by atoms with van der Waals surface area (Å²) in [6, 6.07) is 4.64. The molecule has 1 aliphatic heterocycles. The first kappa shape index (κ1) is 19.8. The van der Waals surface area contributed by atoms with Gasteiger partial charge in [0.1, 0.15) is 6.54 Å². The number of aliphatic carboxylic acids is 1. The summed E-state index contributed by atoms with van der Waals surface area (Å²) < 4.78 is 49.7. The van der Waals surface area contributed by atoms with Crippen LogP contribution in [0, 0.1) is 0 Å². The highest BCUT2D eigenvalue weighted by Crippen LogP contribution is 2.26. The van der Waals surface area contributed by atoms with Crippen LogP contribution in [-0.2, 0) is 24.7 Å². The predicted molar refractivity (Wildman–Crippen MR) is 90.5 cm³/mol. The molecule has 140 valence electrons. The van der Waals surface area contributed by atoms with E-state index in [9.17, 15) is 26.7 Å². The second kappa shape index (κ2) is 7.02. The van der Waals surface area contributed by atoms with E-state index in [0.29, 0.717) is 4.31 Å². The lowest BCUT2D eigenvalue weighted by Crippen LogP contribution is -2.48. The molecule has 2 N–H and O–H groups in total. The molecule has 0 amide bonds. The van der Waals surface area contributed by atoms with Crippen molar-refractivity contribution in [3.05, 3.63) is 29.8 Å². The average molecular weight is 391 g/mol. The zero-order valence-electron chi connectivity index (χ0n) is 13.9. The van der Waals surface area contributed by atoms with E-state index in [4.69, 9.17) is 5.11 Å². The number of aliphatic hydroxyl groups is 1. The number of hydrogen-bond acceptors (Lipinski definition) is 6. The average Bonchev–Trinajstić information content (AvgIpc) is 2.77. The molecule has 0 saturated carbocycles. The van der Waals surface area contributed by atoms with Crippen molar-refractivity contribution >= 4 is 25.8 Å². The molecular formula is C15H21NO7S2. The third kappa shape index (κ3) is 4.38. The van der Waals surface area contributed by atoms with Crippen molar-refractivity contribution in [1.29, 1.82) is 0 Å². The van der Waals surface area contributed by atoms with Crippen molar-refractivity contribution in [1.82, 2.24) is 4.31 Å². The van der Waals surface area contributed by atoms with Crippen LogP contribution in [0.1, 0.15) is 25.3 Å². The van der Waals surface area contributed by atoms with E-state index in [1.165, 1.54) is 12.1 Å². The van der Waals surface area contributed by atoms with Gasteiger partial charge in [0.2, 0.25) is 10.0 Å². The second-order valence-electron chi connectivity index (χ2n) is 6.38. The van der Waals surface area contributed by atoms with Gasteiger partial charge in [-0.05, 0) is 23.6 Å². The van der Waals surface area contributed by atoms with Crippen molar-refractivity contribution in [2.75, 3.05) is 18.1 Å². The number of sulfone groups is 1. The van der Waals surface area contributed by atoms with Gasteiger partial charge in [0.25, 0.3) is 0 Å². The van der Waals surface area contributed by atoms with Gasteiger partial charge in [-0.25, -0.2) is 16.8 Å². The molecule has 1 heterocycles. The lowest BCUT2D eigenvalue weighted by atomic mass is 10.0. The molecule has 2 atom stereocenters. The highest BCUT2D eigenvalue weighted by Gasteiger charge is 2.45. The highest BCUT2D eigenvalue weighted by molar-refractivity contribution is 7.92. The third-order valence-electron chi connectivity index (χ3n) is 4.11. The van der Waals surface area contributed by atoms with Crippen LogP contribution >= 0.6 is 0 Å². The summed E-state index contributed by atoms with van der Waals surface area (Å²) >= 11 is 0. The van der Waals surface area contributed by atoms with E-state index in [-0.39, 0.29) is 10.8 Å². The molecule has 1 aliphatic rings. The van der Waals surface area contributed by atoms with Crippen LogP contribution in [0.5, 0.6) is 0 Å². The van der Waals surface area contributed by atoms with E-state index in [1.807, 2.05) is 13.8 Å². The van der Waals surface area contributed by atoms with Gasteiger partial charge in [-0.1, -0.05) is 26.0 Å². The Labute approximate surface area is 147 Å². The number of sulfonamides is 1. The quantitative estimate of drug-likeness (QED) is 0.700. The zero-order valence-corrected chi connectivity index (χ0v) is 15.5. The van der Waals surface area contributed by atoms with E-state index >= 15 is 0 Å². The number of benzene rings is 1. The minimum absolute atomic E-state index is 0.144. The molecule has 10 heteroatoms. The van der Waals surface area contributed by atoms with Crippen molar-refractivity contribution in [2.24, 2.45) is 0 Å². The van der Waals surface area contributed by atoms with Crippen molar-refractivity contribution in [3.63, 3.8) is 0 Å². The summed E-state index contributed by atoms with van der Waals surface area (Å²) in [5.74, 6) is -2.44. The SMILES string of the molecule is CC(C)c1ccc(S(=O)(=O)N(CC(=O)O)[C@@H]2CS(=O)(=O)C[C@@H]2O)cc1. The van der Waals surface area contributed by atoms with E-state index in [0.717, 1.165) is 5.56 Å². The number of hydrogen-bond donors (Lipinski definition) is 2. The first-order valence-electron chi connectivity index (χ1n) is 7.66. The fourth-order valence-corrected chi connectivity index (χ4v) is 6.26. The van der Waals surface area contributed by atoms with Gasteiger partial charge in [0.15, 0.2) is 9.84 Å². The van der Waals surface area contributed by atoms with Crippen LogP contribution < -0.4 is 0 Å². The normalized spacial score (nSPS) is 23.2. The molecule has 0 unspecified atom stereocenters. The summed E-state index contributed by atoms with van der Waals surface area (Å²) in [5, 5.41) is 19.0. The Morgan fingerprint density at radius 1 is 1.24 bits per heavy atom. The molecule has 1 fully saturated rings. The third-order valence-corrected chi connectivity index (χ3v) is 7.69. The number of nitrogens with zero attached hydrogens (tertiary/aromatic N) is 1. The molecule has 1 aromatic rings. The van der Waals surface area contributed by atoms with E-state index < -0.39 is 56.0 Å². The molecule has 1 saturated heterocycles. The molecule has 25 heavy (non-hydrogen) atoms. The molecule has 0 bridgehead atoms. The van der Waals surface area contributed by atoms with E-state index in [2.05, 4.69) is 0 Å². The van der Waals surface area contributed by atoms with Crippen LogP contribution in [0.25, 0.3) is 0 Å². The van der Waals surface area contributed by atoms with Crippen molar-refractivity contribution < 1.29 is 31.8 Å². The van der Waals surface area contributed by atoms with Gasteiger partial charge in [0, 0.05) is 0 Å². The van der Waals surface area contributed by atoms with Gasteiger partial charge in [-0.15, -0.1) is 0 Å². The molecular weight excluding hydrogens is 370 g/mol. The lowest BCUT2D eigenvalue weighted by molar-refractivity contribution is -0.137. The smallest absolute Gasteiger partial charge is 0.318 e. The molecule has 1 aromatic carbocycles. The largest absolute Gasteiger partial charge is 0.480 e. The Hall–Kier alpha value is -1.49. The molecule has 0 radical (unpaired) electrons. The first-order chi connectivity index (χ1) is 11.4. The summed E-state index contributed by atoms with van der Waals surface area (Å²) in [7, 11) is -7.91. The Balaban J connectivity index is 2.44. The van der Waals surface area contributed by atoms with Crippen molar-refractivity contribution in [3.8, 4) is 0 Å². The molecule has 0 aliphatic carbocycles. The predicted octanol–water partition coefficient (Wildman–Crippen LogP) is 0.0432. The Bertz CT molecular complexity index is 844. The van der Waals surface area contributed by atoms with Crippen molar-refractivity contribution in [2.45, 2.75) is 36.8 Å². The van der Waals surface area contributed by atoms with Gasteiger partial charge in [-0.2, -0.15) is 4.31 Å². The Kier molecular flexibility index (Phi) is 5.57.